The molecule has 0 aromatic heterocycles. The van der Waals surface area contributed by atoms with E-state index in [1.165, 1.54) is 238 Å². The second kappa shape index (κ2) is 64.3. The molecule has 3 heterocycles. The summed E-state index contributed by atoms with van der Waals surface area (Å²) in [4.78, 5) is 13.5. The number of hydrogen-bond acceptors (Lipinski definition) is 18. The molecule has 17 unspecified atom stereocenters. The third kappa shape index (κ3) is 44.1. The van der Waals surface area contributed by atoms with Crippen molar-refractivity contribution in [3.63, 3.8) is 0 Å². The first-order valence-corrected chi connectivity index (χ1v) is 42.0. The lowest BCUT2D eigenvalue weighted by Crippen LogP contribution is -2.66. The molecule has 3 aliphatic heterocycles. The summed E-state index contributed by atoms with van der Waals surface area (Å²) in [5.74, 6) is -0.287. The Morgan fingerprint density at radius 1 is 0.350 bits per heavy atom. The van der Waals surface area contributed by atoms with Gasteiger partial charge in [0.05, 0.1) is 38.6 Å². The van der Waals surface area contributed by atoms with E-state index in [1.807, 2.05) is 6.08 Å². The normalized spacial score (nSPS) is 26.3. The minimum atomic E-state index is -1.98. The van der Waals surface area contributed by atoms with E-state index in [4.69, 9.17) is 28.4 Å². The first-order chi connectivity index (χ1) is 50.3. The molecule has 1 amide bonds. The van der Waals surface area contributed by atoms with E-state index >= 15 is 0 Å². The molecule has 103 heavy (non-hydrogen) atoms. The van der Waals surface area contributed by atoms with Gasteiger partial charge in [-0.05, 0) is 70.6 Å². The average Bonchev–Trinajstić information content (AvgIpc) is 0.781. The van der Waals surface area contributed by atoms with E-state index < -0.39 is 124 Å². The third-order valence-electron chi connectivity index (χ3n) is 20.8. The van der Waals surface area contributed by atoms with Crippen LogP contribution in [0.2, 0.25) is 0 Å². The Morgan fingerprint density at radius 2 is 0.650 bits per heavy atom. The second-order valence-corrected chi connectivity index (χ2v) is 29.9. The van der Waals surface area contributed by atoms with Gasteiger partial charge in [0.2, 0.25) is 5.91 Å². The van der Waals surface area contributed by atoms with Crippen molar-refractivity contribution in [2.24, 2.45) is 0 Å². The molecule has 12 N–H and O–H groups in total. The van der Waals surface area contributed by atoms with Gasteiger partial charge in [-0.1, -0.05) is 319 Å². The fraction of sp³-hybridized carbons (Fsp3) is 0.869. The number of allylic oxidation sites excluding steroid dienone is 9. The molecule has 0 aromatic rings. The summed E-state index contributed by atoms with van der Waals surface area (Å²) in [6.07, 6.45) is 56.5. The molecule has 0 aliphatic carbocycles. The summed E-state index contributed by atoms with van der Waals surface area (Å²) >= 11 is 0. The lowest BCUT2D eigenvalue weighted by Gasteiger charge is -2.48. The number of hydrogen-bond donors (Lipinski definition) is 12. The van der Waals surface area contributed by atoms with Gasteiger partial charge in [-0.3, -0.25) is 4.79 Å². The number of unbranched alkanes of at least 4 members (excludes halogenated alkanes) is 43. The largest absolute Gasteiger partial charge is 0.394 e. The van der Waals surface area contributed by atoms with Gasteiger partial charge in [0.15, 0.2) is 18.9 Å². The number of aliphatic hydroxyl groups is 11. The molecule has 0 aromatic carbocycles. The summed E-state index contributed by atoms with van der Waals surface area (Å²) < 4.78 is 34.5. The van der Waals surface area contributed by atoms with Crippen molar-refractivity contribution in [1.29, 1.82) is 0 Å². The number of carbonyl (C=O) groups is 1. The minimum Gasteiger partial charge on any atom is -0.394 e. The van der Waals surface area contributed by atoms with Crippen LogP contribution in [0.5, 0.6) is 0 Å². The van der Waals surface area contributed by atoms with Gasteiger partial charge in [-0.15, -0.1) is 0 Å². The Kier molecular flexibility index (Phi) is 59.1. The number of aliphatic hydroxyl groups excluding tert-OH is 11. The predicted molar refractivity (Wildman–Crippen MR) is 411 cm³/mol. The van der Waals surface area contributed by atoms with Crippen molar-refractivity contribution in [3.8, 4) is 0 Å². The molecule has 19 nitrogen and oxygen atoms in total. The van der Waals surface area contributed by atoms with Gasteiger partial charge in [0.25, 0.3) is 0 Å². The van der Waals surface area contributed by atoms with Gasteiger partial charge in [0.1, 0.15) is 73.2 Å². The zero-order chi connectivity index (χ0) is 74.6. The van der Waals surface area contributed by atoms with Crippen LogP contribution in [0.3, 0.4) is 0 Å². The maximum Gasteiger partial charge on any atom is 0.220 e. The zero-order valence-electron chi connectivity index (χ0n) is 64.5. The molecule has 3 saturated heterocycles. The van der Waals surface area contributed by atoms with Crippen LogP contribution in [0.1, 0.15) is 335 Å². The standard InChI is InChI=1S/C84H153NO18/c1-3-5-7-9-11-13-15-17-19-21-23-25-27-29-30-31-32-33-34-35-36-38-39-41-43-45-47-49-51-53-55-57-59-61-68(89)67(85-72(90)62-60-58-56-54-52-50-48-46-44-42-40-37-28-26-24-22-20-18-16-14-12-10-8-6-4-2)66-98-82-78(96)75(93)80(70(64-87)100-82)103-84-79(97)76(94)81(71(65-88)101-84)102-83-77(95)74(92)73(91)69(63-86)99-83/h16,18,22,24,28,37,51,53,59,61,67-71,73-84,86-89,91-97H,3-15,17,19-21,23,25-27,29-36,38-50,52,54-58,60,62-66H2,1-2H3,(H,85,90)/b18-16-,24-22-,37-28-,53-51+,61-59+. The SMILES string of the molecule is CCCCCCC/C=C\C/C=C\C/C=C\CCCCCCCCCCCCC(=O)NC(COC1OC(CO)C(OC2OC(CO)C(OC3OC(CO)C(O)C(O)C3O)C(O)C2O)C(O)C1O)C(O)/C=C/CC/C=C/CCCCCCCCCCCCCCCCCCCCCCCCCCCCC. The van der Waals surface area contributed by atoms with Gasteiger partial charge in [0, 0.05) is 6.42 Å². The van der Waals surface area contributed by atoms with Crippen LogP contribution in [-0.4, -0.2) is 193 Å². The van der Waals surface area contributed by atoms with Gasteiger partial charge < -0.3 is 89.9 Å². The first kappa shape index (κ1) is 94.7. The van der Waals surface area contributed by atoms with E-state index in [-0.39, 0.29) is 18.9 Å². The fourth-order valence-electron chi connectivity index (χ4n) is 14.0. The van der Waals surface area contributed by atoms with Crippen molar-refractivity contribution < 1.29 is 89.4 Å². The van der Waals surface area contributed by atoms with Crippen LogP contribution in [0.4, 0.5) is 0 Å². The smallest absolute Gasteiger partial charge is 0.220 e. The van der Waals surface area contributed by atoms with Crippen molar-refractivity contribution in [2.45, 2.75) is 439 Å². The van der Waals surface area contributed by atoms with Crippen LogP contribution in [0.25, 0.3) is 0 Å². The Balaban J connectivity index is 1.37. The monoisotopic (exact) mass is 1460 g/mol. The number of nitrogens with one attached hydrogen (secondary N) is 1. The molecule has 3 fully saturated rings. The molecule has 0 radical (unpaired) electrons. The Morgan fingerprint density at radius 3 is 1.04 bits per heavy atom. The third-order valence-corrected chi connectivity index (χ3v) is 20.8. The summed E-state index contributed by atoms with van der Waals surface area (Å²) in [5.41, 5.74) is 0. The van der Waals surface area contributed by atoms with Gasteiger partial charge in [-0.2, -0.15) is 0 Å². The number of ether oxygens (including phenoxy) is 6. The van der Waals surface area contributed by atoms with E-state index in [9.17, 15) is 61.0 Å². The van der Waals surface area contributed by atoms with Crippen LogP contribution in [0, 0.1) is 0 Å². The van der Waals surface area contributed by atoms with E-state index in [0.29, 0.717) is 12.8 Å². The molecule has 0 saturated carbocycles. The maximum atomic E-state index is 13.5. The Bertz CT molecular complexity index is 2090. The highest BCUT2D eigenvalue weighted by Gasteiger charge is 2.54. The lowest BCUT2D eigenvalue weighted by atomic mass is 9.96. The zero-order valence-corrected chi connectivity index (χ0v) is 64.5. The van der Waals surface area contributed by atoms with Gasteiger partial charge in [-0.25, -0.2) is 0 Å². The van der Waals surface area contributed by atoms with Crippen LogP contribution >= 0.6 is 0 Å². The van der Waals surface area contributed by atoms with Crippen LogP contribution < -0.4 is 5.32 Å². The molecule has 0 spiro atoms. The molecule has 19 heteroatoms. The molecule has 17 atom stereocenters. The van der Waals surface area contributed by atoms with Crippen LogP contribution in [-0.2, 0) is 33.2 Å². The number of amides is 1. The molecule has 0 bridgehead atoms. The summed E-state index contributed by atoms with van der Waals surface area (Å²) in [6, 6.07) is -0.997. The number of carbonyl (C=O) groups excluding carboxylic acids is 1. The first-order valence-electron chi connectivity index (χ1n) is 42.0. The summed E-state index contributed by atoms with van der Waals surface area (Å²) in [7, 11) is 0. The summed E-state index contributed by atoms with van der Waals surface area (Å²) in [5, 5.41) is 121. The molecular formula is C84H153NO18. The molecule has 3 aliphatic rings. The Hall–Kier alpha value is -2.51. The quantitative estimate of drug-likeness (QED) is 0.0199. The van der Waals surface area contributed by atoms with E-state index in [0.717, 1.165) is 64.2 Å². The highest BCUT2D eigenvalue weighted by molar-refractivity contribution is 5.76. The predicted octanol–water partition coefficient (Wildman–Crippen LogP) is 14.6. The van der Waals surface area contributed by atoms with Crippen molar-refractivity contribution >= 4 is 5.91 Å². The lowest BCUT2D eigenvalue weighted by molar-refractivity contribution is -0.379. The van der Waals surface area contributed by atoms with Crippen LogP contribution in [0.15, 0.2) is 60.8 Å². The molecule has 3 rings (SSSR count). The van der Waals surface area contributed by atoms with Gasteiger partial charge >= 0.3 is 0 Å². The minimum absolute atomic E-state index is 0.229. The molecular weight excluding hydrogens is 1310 g/mol. The summed E-state index contributed by atoms with van der Waals surface area (Å²) in [6.45, 7) is 1.74. The highest BCUT2D eigenvalue weighted by atomic mass is 16.8. The van der Waals surface area contributed by atoms with E-state index in [1.54, 1.807) is 6.08 Å². The topological polar surface area (TPSA) is 307 Å². The highest BCUT2D eigenvalue weighted by Crippen LogP contribution is 2.33. The fourth-order valence-corrected chi connectivity index (χ4v) is 14.0. The Labute approximate surface area is 624 Å². The van der Waals surface area contributed by atoms with E-state index in [2.05, 4.69) is 67.8 Å². The van der Waals surface area contributed by atoms with Crippen molar-refractivity contribution in [2.75, 3.05) is 26.4 Å². The number of rotatable bonds is 67. The second-order valence-electron chi connectivity index (χ2n) is 29.9. The molecule has 602 valence electrons. The maximum absolute atomic E-state index is 13.5. The van der Waals surface area contributed by atoms with Crippen molar-refractivity contribution in [1.82, 2.24) is 5.32 Å². The average molecular weight is 1470 g/mol. The van der Waals surface area contributed by atoms with Crippen molar-refractivity contribution in [3.05, 3.63) is 60.8 Å².